The minimum Gasteiger partial charge on any atom is -0.495 e. The van der Waals surface area contributed by atoms with Crippen molar-refractivity contribution in [3.05, 3.63) is 95.6 Å². The average Bonchev–Trinajstić information content (AvgIpc) is 2.77. The minimum absolute atomic E-state index is 0.0355. The van der Waals surface area contributed by atoms with Gasteiger partial charge in [-0.3, -0.25) is 4.79 Å². The lowest BCUT2D eigenvalue weighted by molar-refractivity contribution is -0.112. The summed E-state index contributed by atoms with van der Waals surface area (Å²) in [5.41, 5.74) is 2.14. The zero-order chi connectivity index (χ0) is 20.5. The van der Waals surface area contributed by atoms with Gasteiger partial charge in [-0.2, -0.15) is 5.26 Å². The number of amides is 1. The summed E-state index contributed by atoms with van der Waals surface area (Å²) < 4.78 is 11.1. The Morgan fingerprint density at radius 3 is 2.34 bits per heavy atom. The summed E-state index contributed by atoms with van der Waals surface area (Å²) >= 11 is 0. The molecule has 0 aliphatic heterocycles. The fourth-order valence-corrected chi connectivity index (χ4v) is 2.71. The van der Waals surface area contributed by atoms with Gasteiger partial charge in [0.25, 0.3) is 5.91 Å². The number of hydrogen-bond acceptors (Lipinski definition) is 4. The van der Waals surface area contributed by atoms with Crippen LogP contribution in [0.1, 0.15) is 11.1 Å². The second-order valence-electron chi connectivity index (χ2n) is 6.14. The third kappa shape index (κ3) is 5.24. The quantitative estimate of drug-likeness (QED) is 0.468. The molecule has 0 aliphatic carbocycles. The van der Waals surface area contributed by atoms with Gasteiger partial charge < -0.3 is 14.8 Å². The number of ether oxygens (including phenoxy) is 2. The van der Waals surface area contributed by atoms with Crippen molar-refractivity contribution in [1.29, 1.82) is 5.26 Å². The topological polar surface area (TPSA) is 71.3 Å². The van der Waals surface area contributed by atoms with E-state index >= 15 is 0 Å². The Hall–Kier alpha value is -4.04. The molecule has 0 atom stereocenters. The van der Waals surface area contributed by atoms with Gasteiger partial charge in [0, 0.05) is 5.56 Å². The number of nitriles is 1. The van der Waals surface area contributed by atoms with E-state index < -0.39 is 5.91 Å². The molecule has 0 radical (unpaired) electrons. The Morgan fingerprint density at radius 2 is 1.62 bits per heavy atom. The van der Waals surface area contributed by atoms with Crippen LogP contribution in [0.2, 0.25) is 0 Å². The second kappa shape index (κ2) is 9.77. The van der Waals surface area contributed by atoms with Crippen molar-refractivity contribution >= 4 is 17.7 Å². The smallest absolute Gasteiger partial charge is 0.266 e. The Labute approximate surface area is 169 Å². The van der Waals surface area contributed by atoms with Gasteiger partial charge >= 0.3 is 0 Å². The zero-order valence-corrected chi connectivity index (χ0v) is 16.0. The van der Waals surface area contributed by atoms with Crippen LogP contribution in [0.15, 0.2) is 84.4 Å². The SMILES string of the molecule is COc1ccccc1NC(=O)/C(C#N)=C/c1ccccc1OCc1ccccc1. The van der Waals surface area contributed by atoms with Crippen LogP contribution in [-0.4, -0.2) is 13.0 Å². The van der Waals surface area contributed by atoms with E-state index in [1.165, 1.54) is 13.2 Å². The summed E-state index contributed by atoms with van der Waals surface area (Å²) in [4.78, 5) is 12.6. The van der Waals surface area contributed by atoms with E-state index in [1.807, 2.05) is 54.6 Å². The highest BCUT2D eigenvalue weighted by atomic mass is 16.5. The van der Waals surface area contributed by atoms with Crippen molar-refractivity contribution in [2.75, 3.05) is 12.4 Å². The van der Waals surface area contributed by atoms with Crippen molar-refractivity contribution < 1.29 is 14.3 Å². The van der Waals surface area contributed by atoms with Crippen molar-refractivity contribution in [1.82, 2.24) is 0 Å². The Morgan fingerprint density at radius 1 is 0.966 bits per heavy atom. The van der Waals surface area contributed by atoms with E-state index in [0.29, 0.717) is 29.4 Å². The lowest BCUT2D eigenvalue weighted by Gasteiger charge is -2.11. The summed E-state index contributed by atoms with van der Waals surface area (Å²) in [5, 5.41) is 12.2. The second-order valence-corrected chi connectivity index (χ2v) is 6.14. The fourth-order valence-electron chi connectivity index (χ4n) is 2.71. The molecule has 5 nitrogen and oxygen atoms in total. The van der Waals surface area contributed by atoms with Crippen molar-refractivity contribution in [3.8, 4) is 17.6 Å². The summed E-state index contributed by atoms with van der Waals surface area (Å²) in [6.45, 7) is 0.390. The lowest BCUT2D eigenvalue weighted by Crippen LogP contribution is -2.14. The summed E-state index contributed by atoms with van der Waals surface area (Å²) in [7, 11) is 1.52. The first kappa shape index (κ1) is 19.7. The highest BCUT2D eigenvalue weighted by Gasteiger charge is 2.13. The number of carbonyl (C=O) groups excluding carboxylic acids is 1. The van der Waals surface area contributed by atoms with E-state index in [1.54, 1.807) is 30.3 Å². The van der Waals surface area contributed by atoms with Gasteiger partial charge in [0.2, 0.25) is 0 Å². The van der Waals surface area contributed by atoms with Crippen LogP contribution < -0.4 is 14.8 Å². The summed E-state index contributed by atoms with van der Waals surface area (Å²) in [6.07, 6.45) is 1.52. The van der Waals surface area contributed by atoms with Crippen LogP contribution in [0, 0.1) is 11.3 Å². The lowest BCUT2D eigenvalue weighted by atomic mass is 10.1. The first-order valence-corrected chi connectivity index (χ1v) is 9.03. The Bertz CT molecular complexity index is 1050. The molecule has 0 unspecified atom stereocenters. The maximum atomic E-state index is 12.6. The number of rotatable bonds is 7. The number of hydrogen-bond donors (Lipinski definition) is 1. The van der Waals surface area contributed by atoms with Crippen LogP contribution in [-0.2, 0) is 11.4 Å². The van der Waals surface area contributed by atoms with Gasteiger partial charge in [0.1, 0.15) is 29.7 Å². The summed E-state index contributed by atoms with van der Waals surface area (Å²) in [5.74, 6) is 0.591. The summed E-state index contributed by atoms with van der Waals surface area (Å²) in [6, 6.07) is 26.0. The standard InChI is InChI=1S/C24H20N2O3/c1-28-23-14-8-6-12-21(23)26-24(27)20(16-25)15-19-11-5-7-13-22(19)29-17-18-9-3-2-4-10-18/h2-15H,17H2,1H3,(H,26,27)/b20-15+. The van der Waals surface area contributed by atoms with Crippen molar-refractivity contribution in [2.45, 2.75) is 6.61 Å². The third-order valence-corrected chi connectivity index (χ3v) is 4.18. The van der Waals surface area contributed by atoms with Gasteiger partial charge in [-0.05, 0) is 29.8 Å². The molecule has 0 saturated heterocycles. The number of nitrogens with one attached hydrogen (secondary N) is 1. The molecule has 0 aromatic heterocycles. The molecule has 3 rings (SSSR count). The third-order valence-electron chi connectivity index (χ3n) is 4.18. The molecule has 5 heteroatoms. The van der Waals surface area contributed by atoms with Crippen LogP contribution in [0.25, 0.3) is 6.08 Å². The molecule has 0 saturated carbocycles. The predicted octanol–water partition coefficient (Wildman–Crippen LogP) is 4.82. The number of anilines is 1. The van der Waals surface area contributed by atoms with Crippen LogP contribution >= 0.6 is 0 Å². The van der Waals surface area contributed by atoms with E-state index in [4.69, 9.17) is 9.47 Å². The van der Waals surface area contributed by atoms with Gasteiger partial charge in [0.15, 0.2) is 0 Å². The molecule has 1 N–H and O–H groups in total. The van der Waals surface area contributed by atoms with Gasteiger partial charge in [-0.1, -0.05) is 60.7 Å². The zero-order valence-electron chi connectivity index (χ0n) is 16.0. The molecule has 0 heterocycles. The van der Waals surface area contributed by atoms with Crippen molar-refractivity contribution in [2.24, 2.45) is 0 Å². The molecule has 3 aromatic carbocycles. The normalized spacial score (nSPS) is 10.7. The highest BCUT2D eigenvalue weighted by Crippen LogP contribution is 2.25. The fraction of sp³-hybridized carbons (Fsp3) is 0.0833. The van der Waals surface area contributed by atoms with Crippen LogP contribution in [0.4, 0.5) is 5.69 Å². The molecule has 3 aromatic rings. The number of methoxy groups -OCH3 is 1. The first-order valence-electron chi connectivity index (χ1n) is 9.03. The van der Waals surface area contributed by atoms with E-state index in [9.17, 15) is 10.1 Å². The number of carbonyl (C=O) groups is 1. The van der Waals surface area contributed by atoms with Gasteiger partial charge in [-0.15, -0.1) is 0 Å². The highest BCUT2D eigenvalue weighted by molar-refractivity contribution is 6.10. The first-order chi connectivity index (χ1) is 14.2. The maximum absolute atomic E-state index is 12.6. The monoisotopic (exact) mass is 384 g/mol. The van der Waals surface area contributed by atoms with Crippen LogP contribution in [0.3, 0.4) is 0 Å². The number of para-hydroxylation sites is 3. The van der Waals surface area contributed by atoms with Crippen LogP contribution in [0.5, 0.6) is 11.5 Å². The molecule has 0 aliphatic rings. The molecule has 0 bridgehead atoms. The molecule has 1 amide bonds. The van der Waals surface area contributed by atoms with E-state index in [0.717, 1.165) is 5.56 Å². The van der Waals surface area contributed by atoms with E-state index in [2.05, 4.69) is 5.32 Å². The Kier molecular flexibility index (Phi) is 6.64. The average molecular weight is 384 g/mol. The largest absolute Gasteiger partial charge is 0.495 e. The van der Waals surface area contributed by atoms with E-state index in [-0.39, 0.29) is 5.57 Å². The van der Waals surface area contributed by atoms with Gasteiger partial charge in [0.05, 0.1) is 12.8 Å². The maximum Gasteiger partial charge on any atom is 0.266 e. The molecular weight excluding hydrogens is 364 g/mol. The van der Waals surface area contributed by atoms with Gasteiger partial charge in [-0.25, -0.2) is 0 Å². The number of nitrogens with zero attached hydrogens (tertiary/aromatic N) is 1. The molecule has 144 valence electrons. The predicted molar refractivity (Wildman–Crippen MR) is 112 cm³/mol. The molecule has 0 fully saturated rings. The molecular formula is C24H20N2O3. The molecule has 0 spiro atoms. The minimum atomic E-state index is -0.519. The number of benzene rings is 3. The molecule has 29 heavy (non-hydrogen) atoms. The van der Waals surface area contributed by atoms with Crippen molar-refractivity contribution in [3.63, 3.8) is 0 Å². The Balaban J connectivity index is 1.80.